The minimum Gasteiger partial charge on any atom is -0.487 e. The van der Waals surface area contributed by atoms with Crippen molar-refractivity contribution in [2.75, 3.05) is 5.32 Å². The van der Waals surface area contributed by atoms with Crippen LogP contribution in [0.5, 0.6) is 5.75 Å². The number of rotatable bonds is 6. The number of anilines is 1. The van der Waals surface area contributed by atoms with E-state index < -0.39 is 5.91 Å². The number of benzene rings is 3. The van der Waals surface area contributed by atoms with Gasteiger partial charge in [0.2, 0.25) is 0 Å². The highest BCUT2D eigenvalue weighted by atomic mass is 127. The second-order valence-electron chi connectivity index (χ2n) is 7.07. The fraction of sp³-hybridized carbons (Fsp3) is 0.120. The Kier molecular flexibility index (Phi) is 8.57. The zero-order valence-corrected chi connectivity index (χ0v) is 22.4. The van der Waals surface area contributed by atoms with Gasteiger partial charge in [0.25, 0.3) is 5.91 Å². The van der Waals surface area contributed by atoms with Crippen LogP contribution in [-0.4, -0.2) is 5.91 Å². The molecule has 0 aliphatic carbocycles. The fourth-order valence-corrected chi connectivity index (χ4v) is 5.28. The van der Waals surface area contributed by atoms with Crippen molar-refractivity contribution in [3.05, 3.63) is 94.6 Å². The molecule has 0 saturated heterocycles. The zero-order valence-electron chi connectivity index (χ0n) is 17.4. The number of nitriles is 1. The Balaban J connectivity index is 1.80. The molecule has 7 heteroatoms. The monoisotopic (exact) mass is 668 g/mol. The summed E-state index contributed by atoms with van der Waals surface area (Å²) in [6, 6.07) is 19.0. The van der Waals surface area contributed by atoms with E-state index >= 15 is 0 Å². The van der Waals surface area contributed by atoms with Gasteiger partial charge < -0.3 is 10.1 Å². The topological polar surface area (TPSA) is 62.1 Å². The van der Waals surface area contributed by atoms with Crippen LogP contribution in [0.4, 0.5) is 5.69 Å². The van der Waals surface area contributed by atoms with Crippen molar-refractivity contribution in [1.29, 1.82) is 5.26 Å². The van der Waals surface area contributed by atoms with E-state index in [0.29, 0.717) is 17.3 Å². The van der Waals surface area contributed by atoms with Crippen LogP contribution in [0.1, 0.15) is 22.3 Å². The van der Waals surface area contributed by atoms with Crippen LogP contribution in [0.3, 0.4) is 0 Å². The predicted octanol–water partition coefficient (Wildman–Crippen LogP) is 7.29. The molecule has 0 saturated carbocycles. The first-order chi connectivity index (χ1) is 15.3. The van der Waals surface area contributed by atoms with E-state index in [0.717, 1.165) is 35.1 Å². The summed E-state index contributed by atoms with van der Waals surface area (Å²) in [6.07, 6.45) is 1.59. The van der Waals surface area contributed by atoms with Gasteiger partial charge in [0.1, 0.15) is 24.0 Å². The first-order valence-corrected chi connectivity index (χ1v) is 12.2. The van der Waals surface area contributed by atoms with Crippen LogP contribution < -0.4 is 10.1 Å². The summed E-state index contributed by atoms with van der Waals surface area (Å²) >= 11 is 10.6. The Hall–Kier alpha value is -2.09. The molecular weight excluding hydrogens is 650 g/mol. The van der Waals surface area contributed by atoms with E-state index in [1.165, 1.54) is 0 Å². The van der Waals surface area contributed by atoms with E-state index in [9.17, 15) is 10.1 Å². The molecule has 3 aromatic rings. The predicted molar refractivity (Wildman–Crippen MR) is 146 cm³/mol. The highest BCUT2D eigenvalue weighted by molar-refractivity contribution is 14.1. The molecule has 4 nitrogen and oxygen atoms in total. The third-order valence-corrected chi connectivity index (χ3v) is 6.85. The highest BCUT2D eigenvalue weighted by Gasteiger charge is 2.14. The van der Waals surface area contributed by atoms with Crippen molar-refractivity contribution in [3.63, 3.8) is 0 Å². The van der Waals surface area contributed by atoms with Gasteiger partial charge in [0.15, 0.2) is 0 Å². The average molecular weight is 669 g/mol. The molecule has 0 atom stereocenters. The molecule has 0 bridgehead atoms. The zero-order chi connectivity index (χ0) is 23.3. The normalized spacial score (nSPS) is 11.1. The summed E-state index contributed by atoms with van der Waals surface area (Å²) in [5, 5.41) is 13.1. The van der Waals surface area contributed by atoms with Gasteiger partial charge in [0.05, 0.1) is 7.14 Å². The average Bonchev–Trinajstić information content (AvgIpc) is 2.75. The maximum atomic E-state index is 12.7. The van der Waals surface area contributed by atoms with Gasteiger partial charge in [-0.1, -0.05) is 41.9 Å². The number of hydrogen-bond donors (Lipinski definition) is 1. The third-order valence-electron chi connectivity index (χ3n) is 4.88. The number of hydrogen-bond acceptors (Lipinski definition) is 3. The number of aryl methyl sites for hydroxylation is 1. The maximum absolute atomic E-state index is 12.7. The van der Waals surface area contributed by atoms with Crippen LogP contribution in [-0.2, 0) is 11.4 Å². The van der Waals surface area contributed by atoms with Gasteiger partial charge in [-0.2, -0.15) is 5.26 Å². The van der Waals surface area contributed by atoms with Gasteiger partial charge in [-0.15, -0.1) is 0 Å². The Morgan fingerprint density at radius 3 is 2.47 bits per heavy atom. The summed E-state index contributed by atoms with van der Waals surface area (Å²) in [6.45, 7) is 4.26. The van der Waals surface area contributed by atoms with Crippen molar-refractivity contribution in [3.8, 4) is 11.8 Å². The largest absolute Gasteiger partial charge is 0.487 e. The molecule has 3 aromatic carbocycles. The van der Waals surface area contributed by atoms with E-state index in [-0.39, 0.29) is 5.57 Å². The van der Waals surface area contributed by atoms with E-state index in [1.807, 2.05) is 74.5 Å². The van der Waals surface area contributed by atoms with Crippen LogP contribution in [0, 0.1) is 32.3 Å². The SMILES string of the molecule is Cc1cccc(NC(=O)/C(C#N)=C/c2cc(I)c(OCc3ccccc3Cl)c(I)c2)c1C. The lowest BCUT2D eigenvalue weighted by atomic mass is 10.1. The Bertz CT molecular complexity index is 1230. The van der Waals surface area contributed by atoms with E-state index in [4.69, 9.17) is 16.3 Å². The number of carbonyl (C=O) groups is 1. The van der Waals surface area contributed by atoms with Crippen molar-refractivity contribution in [2.45, 2.75) is 20.5 Å². The standard InChI is InChI=1S/C25H19ClI2N2O2/c1-15-6-5-9-23(16(15)2)30-25(31)19(13-29)10-17-11-21(27)24(22(28)12-17)32-14-18-7-3-4-8-20(18)26/h3-12H,14H2,1-2H3,(H,30,31)/b19-10+. The molecule has 0 fully saturated rings. The smallest absolute Gasteiger partial charge is 0.266 e. The molecular formula is C25H19ClI2N2O2. The minimum absolute atomic E-state index is 0.0299. The Labute approximate surface area is 219 Å². The van der Waals surface area contributed by atoms with Crippen LogP contribution >= 0.6 is 56.8 Å². The van der Waals surface area contributed by atoms with Gasteiger partial charge in [-0.25, -0.2) is 0 Å². The second-order valence-corrected chi connectivity index (χ2v) is 9.80. The van der Waals surface area contributed by atoms with Crippen LogP contribution in [0.15, 0.2) is 60.2 Å². The number of amides is 1. The summed E-state index contributed by atoms with van der Waals surface area (Å²) in [5.74, 6) is 0.298. The lowest BCUT2D eigenvalue weighted by molar-refractivity contribution is -0.112. The Morgan fingerprint density at radius 2 is 1.81 bits per heavy atom. The molecule has 32 heavy (non-hydrogen) atoms. The molecule has 0 aliphatic rings. The minimum atomic E-state index is -0.440. The maximum Gasteiger partial charge on any atom is 0.266 e. The van der Waals surface area contributed by atoms with Gasteiger partial charge in [0, 0.05) is 16.3 Å². The molecule has 162 valence electrons. The Morgan fingerprint density at radius 1 is 1.12 bits per heavy atom. The number of nitrogens with zero attached hydrogens (tertiary/aromatic N) is 1. The molecule has 0 heterocycles. The van der Waals surface area contributed by atoms with Crippen LogP contribution in [0.2, 0.25) is 5.02 Å². The summed E-state index contributed by atoms with van der Waals surface area (Å²) < 4.78 is 7.76. The fourth-order valence-electron chi connectivity index (χ4n) is 2.96. The number of carbonyl (C=O) groups excluding carboxylic acids is 1. The van der Waals surface area contributed by atoms with Gasteiger partial charge in [-0.05, 0) is 106 Å². The van der Waals surface area contributed by atoms with Crippen molar-refractivity contribution >= 4 is 74.5 Å². The summed E-state index contributed by atoms with van der Waals surface area (Å²) in [5.41, 5.74) is 4.42. The number of halogens is 3. The lowest BCUT2D eigenvalue weighted by Gasteiger charge is -2.13. The molecule has 0 aliphatic heterocycles. The molecule has 3 rings (SSSR count). The summed E-state index contributed by atoms with van der Waals surface area (Å²) in [7, 11) is 0. The molecule has 0 radical (unpaired) electrons. The second kappa shape index (κ2) is 11.2. The summed E-state index contributed by atoms with van der Waals surface area (Å²) in [4.78, 5) is 12.7. The number of ether oxygens (including phenoxy) is 1. The first-order valence-electron chi connectivity index (χ1n) is 9.64. The number of nitrogens with one attached hydrogen (secondary N) is 1. The van der Waals surface area contributed by atoms with Crippen molar-refractivity contribution < 1.29 is 9.53 Å². The van der Waals surface area contributed by atoms with E-state index in [2.05, 4.69) is 50.5 Å². The quantitative estimate of drug-likeness (QED) is 0.171. The molecule has 0 aromatic heterocycles. The van der Waals surface area contributed by atoms with E-state index in [1.54, 1.807) is 6.08 Å². The molecule has 1 N–H and O–H groups in total. The van der Waals surface area contributed by atoms with Gasteiger partial charge in [-0.3, -0.25) is 4.79 Å². The van der Waals surface area contributed by atoms with Crippen molar-refractivity contribution in [1.82, 2.24) is 0 Å². The lowest BCUT2D eigenvalue weighted by Crippen LogP contribution is -2.14. The molecule has 1 amide bonds. The first kappa shape index (κ1) is 24.6. The van der Waals surface area contributed by atoms with Crippen molar-refractivity contribution in [2.24, 2.45) is 0 Å². The molecule has 0 spiro atoms. The van der Waals surface area contributed by atoms with Crippen LogP contribution in [0.25, 0.3) is 6.08 Å². The van der Waals surface area contributed by atoms with Gasteiger partial charge >= 0.3 is 0 Å². The molecule has 0 unspecified atom stereocenters. The third kappa shape index (κ3) is 6.03. The highest BCUT2D eigenvalue weighted by Crippen LogP contribution is 2.31.